The van der Waals surface area contributed by atoms with E-state index in [1.54, 1.807) is 12.4 Å². The lowest BCUT2D eigenvalue weighted by molar-refractivity contribution is 0.332. The minimum atomic E-state index is 0.595. The molecule has 0 spiro atoms. The smallest absolute Gasteiger partial charge is 0.173 e. The Hall–Kier alpha value is -1.16. The van der Waals surface area contributed by atoms with Gasteiger partial charge in [0.2, 0.25) is 0 Å². The van der Waals surface area contributed by atoms with Gasteiger partial charge in [0.1, 0.15) is 0 Å². The molecule has 0 fully saturated rings. The van der Waals surface area contributed by atoms with Gasteiger partial charge < -0.3 is 10.2 Å². The number of nitrogens with one attached hydrogen (secondary N) is 1. The van der Waals surface area contributed by atoms with Crippen molar-refractivity contribution in [1.82, 2.24) is 9.88 Å². The fourth-order valence-electron chi connectivity index (χ4n) is 1.76. The summed E-state index contributed by atoms with van der Waals surface area (Å²) < 4.78 is 0. The molecule has 1 rings (SSSR count). The van der Waals surface area contributed by atoms with Crippen molar-refractivity contribution in [3.63, 3.8) is 0 Å². The van der Waals surface area contributed by atoms with Crippen LogP contribution in [0.25, 0.3) is 0 Å². The third-order valence-corrected chi connectivity index (χ3v) is 2.73. The molecular weight excluding hydrogens is 242 g/mol. The van der Waals surface area contributed by atoms with Gasteiger partial charge >= 0.3 is 0 Å². The predicted octanol–water partition coefficient (Wildman–Crippen LogP) is 3.39. The fourth-order valence-corrected chi connectivity index (χ4v) is 2.03. The molecule has 0 aliphatic rings. The zero-order valence-electron chi connectivity index (χ0n) is 11.7. The molecule has 0 aliphatic carbocycles. The Labute approximate surface area is 116 Å². The number of nitrogens with zero attached hydrogens (tertiary/aromatic N) is 2. The summed E-state index contributed by atoms with van der Waals surface area (Å²) >= 11 is 5.48. The zero-order chi connectivity index (χ0) is 13.5. The fraction of sp³-hybridized carbons (Fsp3) is 0.571. The van der Waals surface area contributed by atoms with E-state index < -0.39 is 0 Å². The number of aromatic nitrogens is 1. The SMILES string of the molecule is CC(C)CN(CC(C)C)C(=S)Nc1cccnc1. The Bertz CT molecular complexity index is 353. The molecule has 1 aromatic rings. The van der Waals surface area contributed by atoms with Crippen LogP contribution in [0.5, 0.6) is 0 Å². The van der Waals surface area contributed by atoms with E-state index in [4.69, 9.17) is 12.2 Å². The maximum Gasteiger partial charge on any atom is 0.173 e. The van der Waals surface area contributed by atoms with Crippen molar-refractivity contribution in [3.8, 4) is 0 Å². The van der Waals surface area contributed by atoms with Gasteiger partial charge in [0.25, 0.3) is 0 Å². The summed E-state index contributed by atoms with van der Waals surface area (Å²) in [4.78, 5) is 6.31. The number of rotatable bonds is 5. The molecule has 0 atom stereocenters. The van der Waals surface area contributed by atoms with Crippen molar-refractivity contribution in [2.24, 2.45) is 11.8 Å². The maximum absolute atomic E-state index is 5.48. The first-order valence-corrected chi connectivity index (χ1v) is 6.85. The van der Waals surface area contributed by atoms with Crippen molar-refractivity contribution in [2.45, 2.75) is 27.7 Å². The molecule has 1 aromatic heterocycles. The molecular formula is C14H23N3S. The second-order valence-corrected chi connectivity index (χ2v) is 5.75. The molecule has 0 bridgehead atoms. The van der Waals surface area contributed by atoms with E-state index in [-0.39, 0.29) is 0 Å². The summed E-state index contributed by atoms with van der Waals surface area (Å²) in [6.45, 7) is 10.8. The molecule has 0 saturated heterocycles. The van der Waals surface area contributed by atoms with E-state index in [1.807, 2.05) is 12.1 Å². The average molecular weight is 265 g/mol. The van der Waals surface area contributed by atoms with E-state index >= 15 is 0 Å². The Morgan fingerprint density at radius 1 is 1.28 bits per heavy atom. The van der Waals surface area contributed by atoms with E-state index in [2.05, 4.69) is 42.9 Å². The minimum absolute atomic E-state index is 0.595. The van der Waals surface area contributed by atoms with Crippen LogP contribution >= 0.6 is 12.2 Å². The van der Waals surface area contributed by atoms with Gasteiger partial charge in [0, 0.05) is 19.3 Å². The lowest BCUT2D eigenvalue weighted by atomic mass is 10.1. The summed E-state index contributed by atoms with van der Waals surface area (Å²) in [7, 11) is 0. The Morgan fingerprint density at radius 3 is 2.33 bits per heavy atom. The van der Waals surface area contributed by atoms with Gasteiger partial charge in [-0.3, -0.25) is 4.98 Å². The van der Waals surface area contributed by atoms with Gasteiger partial charge in [-0.25, -0.2) is 0 Å². The monoisotopic (exact) mass is 265 g/mol. The van der Waals surface area contributed by atoms with Gasteiger partial charge in [-0.1, -0.05) is 27.7 Å². The molecule has 1 N–H and O–H groups in total. The second-order valence-electron chi connectivity index (χ2n) is 5.36. The topological polar surface area (TPSA) is 28.2 Å². The maximum atomic E-state index is 5.48. The highest BCUT2D eigenvalue weighted by Crippen LogP contribution is 2.09. The zero-order valence-corrected chi connectivity index (χ0v) is 12.5. The number of hydrogen-bond donors (Lipinski definition) is 1. The lowest BCUT2D eigenvalue weighted by Crippen LogP contribution is -2.39. The first-order chi connectivity index (χ1) is 8.49. The Morgan fingerprint density at radius 2 is 1.89 bits per heavy atom. The van der Waals surface area contributed by atoms with Crippen LogP contribution in [0.1, 0.15) is 27.7 Å². The van der Waals surface area contributed by atoms with Crippen LogP contribution in [-0.4, -0.2) is 28.1 Å². The Balaban J connectivity index is 2.64. The first-order valence-electron chi connectivity index (χ1n) is 6.45. The van der Waals surface area contributed by atoms with Gasteiger partial charge in [-0.15, -0.1) is 0 Å². The van der Waals surface area contributed by atoms with Crippen LogP contribution in [0.3, 0.4) is 0 Å². The number of pyridine rings is 1. The highest BCUT2D eigenvalue weighted by molar-refractivity contribution is 7.80. The van der Waals surface area contributed by atoms with Crippen molar-refractivity contribution >= 4 is 23.0 Å². The van der Waals surface area contributed by atoms with Crippen LogP contribution in [-0.2, 0) is 0 Å². The van der Waals surface area contributed by atoms with Crippen LogP contribution < -0.4 is 5.32 Å². The highest BCUT2D eigenvalue weighted by atomic mass is 32.1. The van der Waals surface area contributed by atoms with Crippen molar-refractivity contribution < 1.29 is 0 Å². The van der Waals surface area contributed by atoms with Crippen LogP contribution in [0.2, 0.25) is 0 Å². The third kappa shape index (κ3) is 5.45. The van der Waals surface area contributed by atoms with E-state index in [0.29, 0.717) is 11.8 Å². The number of hydrogen-bond acceptors (Lipinski definition) is 2. The molecule has 1 heterocycles. The average Bonchev–Trinajstić information content (AvgIpc) is 2.28. The predicted molar refractivity (Wildman–Crippen MR) is 81.7 cm³/mol. The molecule has 0 amide bonds. The molecule has 18 heavy (non-hydrogen) atoms. The minimum Gasteiger partial charge on any atom is -0.349 e. The van der Waals surface area contributed by atoms with Gasteiger partial charge in [-0.05, 0) is 36.2 Å². The first kappa shape index (κ1) is 14.9. The molecule has 0 unspecified atom stereocenters. The quantitative estimate of drug-likeness (QED) is 0.826. The van der Waals surface area contributed by atoms with Gasteiger partial charge in [-0.2, -0.15) is 0 Å². The molecule has 0 radical (unpaired) electrons. The number of thiocarbonyl (C=S) groups is 1. The van der Waals surface area contributed by atoms with Crippen molar-refractivity contribution in [1.29, 1.82) is 0 Å². The van der Waals surface area contributed by atoms with Crippen LogP contribution in [0.4, 0.5) is 5.69 Å². The van der Waals surface area contributed by atoms with Crippen molar-refractivity contribution in [3.05, 3.63) is 24.5 Å². The molecule has 0 saturated carbocycles. The molecule has 100 valence electrons. The molecule has 4 heteroatoms. The van der Waals surface area contributed by atoms with E-state index in [0.717, 1.165) is 23.9 Å². The standard InChI is InChI=1S/C14H23N3S/c1-11(2)9-17(10-12(3)4)14(18)16-13-6-5-7-15-8-13/h5-8,11-12H,9-10H2,1-4H3,(H,16,18). The highest BCUT2D eigenvalue weighted by Gasteiger charge is 2.13. The largest absolute Gasteiger partial charge is 0.349 e. The Kier molecular flexibility index (Phi) is 6.05. The summed E-state index contributed by atoms with van der Waals surface area (Å²) in [6, 6.07) is 3.88. The second kappa shape index (κ2) is 7.31. The lowest BCUT2D eigenvalue weighted by Gasteiger charge is -2.29. The number of anilines is 1. The molecule has 3 nitrogen and oxygen atoms in total. The van der Waals surface area contributed by atoms with E-state index in [1.165, 1.54) is 0 Å². The molecule has 0 aliphatic heterocycles. The van der Waals surface area contributed by atoms with Gasteiger partial charge in [0.05, 0.1) is 11.9 Å². The third-order valence-electron chi connectivity index (χ3n) is 2.37. The summed E-state index contributed by atoms with van der Waals surface area (Å²) in [5.74, 6) is 1.19. The summed E-state index contributed by atoms with van der Waals surface area (Å²) in [5.41, 5.74) is 0.944. The summed E-state index contributed by atoms with van der Waals surface area (Å²) in [6.07, 6.45) is 3.55. The van der Waals surface area contributed by atoms with E-state index in [9.17, 15) is 0 Å². The van der Waals surface area contributed by atoms with Crippen LogP contribution in [0.15, 0.2) is 24.5 Å². The molecule has 0 aromatic carbocycles. The normalized spacial score (nSPS) is 10.8. The summed E-state index contributed by atoms with van der Waals surface area (Å²) in [5, 5.41) is 4.03. The van der Waals surface area contributed by atoms with Gasteiger partial charge in [0.15, 0.2) is 5.11 Å². The van der Waals surface area contributed by atoms with Crippen molar-refractivity contribution in [2.75, 3.05) is 18.4 Å². The van der Waals surface area contributed by atoms with Crippen LogP contribution in [0, 0.1) is 11.8 Å².